The largest absolute Gasteiger partial charge is 0.462 e. The third kappa shape index (κ3) is 3.43. The Morgan fingerprint density at radius 1 is 1.57 bits per heavy atom. The van der Waals surface area contributed by atoms with Gasteiger partial charge in [0.1, 0.15) is 23.9 Å². The molecule has 0 saturated carbocycles. The van der Waals surface area contributed by atoms with E-state index in [4.69, 9.17) is 10.00 Å². The van der Waals surface area contributed by atoms with Gasteiger partial charge in [-0.15, -0.1) is 21.5 Å². The molecule has 0 unspecified atom stereocenters. The predicted molar refractivity (Wildman–Crippen MR) is 73.6 cm³/mol. The van der Waals surface area contributed by atoms with Gasteiger partial charge in [-0.25, -0.2) is 4.79 Å². The highest BCUT2D eigenvalue weighted by atomic mass is 32.1. The maximum atomic E-state index is 11.9. The molecule has 2 rings (SSSR count). The van der Waals surface area contributed by atoms with E-state index < -0.39 is 5.97 Å². The summed E-state index contributed by atoms with van der Waals surface area (Å²) in [5.74, 6) is -0.836. The number of nitrogens with one attached hydrogen (secondary N) is 1. The molecule has 0 fully saturated rings. The van der Waals surface area contributed by atoms with E-state index in [0.717, 1.165) is 0 Å². The second-order valence-corrected chi connectivity index (χ2v) is 4.74. The van der Waals surface area contributed by atoms with Gasteiger partial charge < -0.3 is 10.1 Å². The summed E-state index contributed by atoms with van der Waals surface area (Å²) in [7, 11) is 0. The first-order chi connectivity index (χ1) is 10.2. The second-order valence-electron chi connectivity index (χ2n) is 3.83. The minimum Gasteiger partial charge on any atom is -0.462 e. The van der Waals surface area contributed by atoms with Gasteiger partial charge in [0.05, 0.1) is 12.2 Å². The van der Waals surface area contributed by atoms with Crippen LogP contribution >= 0.6 is 11.3 Å². The number of thiophene rings is 1. The molecular weight excluding hydrogens is 294 g/mol. The van der Waals surface area contributed by atoms with Crippen molar-refractivity contribution in [2.75, 3.05) is 11.9 Å². The molecule has 2 heterocycles. The van der Waals surface area contributed by atoms with E-state index >= 15 is 0 Å². The van der Waals surface area contributed by atoms with E-state index in [1.54, 1.807) is 18.4 Å². The van der Waals surface area contributed by atoms with Gasteiger partial charge in [-0.3, -0.25) is 9.36 Å². The maximum Gasteiger partial charge on any atom is 0.341 e. The molecule has 2 aromatic rings. The molecule has 1 N–H and O–H groups in total. The summed E-state index contributed by atoms with van der Waals surface area (Å²) in [5, 5.41) is 20.6. The lowest BCUT2D eigenvalue weighted by molar-refractivity contribution is -0.116. The number of nitrogens with zero attached hydrogens (tertiary/aromatic N) is 4. The molecule has 9 heteroatoms. The fourth-order valence-electron chi connectivity index (χ4n) is 1.55. The quantitative estimate of drug-likeness (QED) is 0.826. The average Bonchev–Trinajstić information content (AvgIpc) is 3.07. The molecule has 2 aromatic heterocycles. The SMILES string of the molecule is CCOC(=O)c1ccsc1NC(=O)Cn1cnnc1C#N. The number of nitriles is 1. The third-order valence-corrected chi connectivity index (χ3v) is 3.27. The zero-order valence-electron chi connectivity index (χ0n) is 11.1. The van der Waals surface area contributed by atoms with Crippen molar-refractivity contribution in [1.29, 1.82) is 5.26 Å². The fraction of sp³-hybridized carbons (Fsp3) is 0.250. The number of aromatic nitrogens is 3. The fourth-order valence-corrected chi connectivity index (χ4v) is 2.35. The Bertz CT molecular complexity index is 700. The van der Waals surface area contributed by atoms with Gasteiger partial charge in [-0.05, 0) is 18.4 Å². The van der Waals surface area contributed by atoms with E-state index in [0.29, 0.717) is 10.6 Å². The minimum absolute atomic E-state index is 0.0435. The number of esters is 1. The van der Waals surface area contributed by atoms with Gasteiger partial charge in [0.2, 0.25) is 11.7 Å². The third-order valence-electron chi connectivity index (χ3n) is 2.44. The van der Waals surface area contributed by atoms with Gasteiger partial charge in [-0.2, -0.15) is 5.26 Å². The Morgan fingerprint density at radius 3 is 3.10 bits per heavy atom. The molecule has 0 aromatic carbocycles. The normalized spacial score (nSPS) is 9.90. The van der Waals surface area contributed by atoms with Crippen molar-refractivity contribution in [2.24, 2.45) is 0 Å². The summed E-state index contributed by atoms with van der Waals surface area (Å²) in [6.07, 6.45) is 1.29. The first-order valence-corrected chi connectivity index (χ1v) is 6.86. The number of rotatable bonds is 5. The Hall–Kier alpha value is -2.73. The van der Waals surface area contributed by atoms with Crippen molar-refractivity contribution in [3.63, 3.8) is 0 Å². The number of carbonyl (C=O) groups excluding carboxylic acids is 2. The Kier molecular flexibility index (Phi) is 4.63. The van der Waals surface area contributed by atoms with Gasteiger partial charge in [0, 0.05) is 0 Å². The summed E-state index contributed by atoms with van der Waals surface area (Å²) >= 11 is 1.22. The molecule has 8 nitrogen and oxygen atoms in total. The zero-order chi connectivity index (χ0) is 15.2. The summed E-state index contributed by atoms with van der Waals surface area (Å²) in [6, 6.07) is 3.41. The lowest BCUT2D eigenvalue weighted by atomic mass is 10.3. The number of hydrogen-bond acceptors (Lipinski definition) is 7. The molecule has 108 valence electrons. The molecule has 0 radical (unpaired) electrons. The van der Waals surface area contributed by atoms with Crippen LogP contribution in [-0.2, 0) is 16.1 Å². The van der Waals surface area contributed by atoms with Crippen molar-refractivity contribution in [2.45, 2.75) is 13.5 Å². The zero-order valence-corrected chi connectivity index (χ0v) is 11.9. The van der Waals surface area contributed by atoms with Crippen LogP contribution in [0.4, 0.5) is 5.00 Å². The van der Waals surface area contributed by atoms with E-state index in [1.165, 1.54) is 22.2 Å². The maximum absolute atomic E-state index is 11.9. The van der Waals surface area contributed by atoms with E-state index in [9.17, 15) is 9.59 Å². The molecular formula is C12H11N5O3S. The van der Waals surface area contributed by atoms with Crippen LogP contribution in [0.1, 0.15) is 23.1 Å². The van der Waals surface area contributed by atoms with Crippen LogP contribution in [0.3, 0.4) is 0 Å². The van der Waals surface area contributed by atoms with Gasteiger partial charge in [0.25, 0.3) is 0 Å². The molecule has 0 bridgehead atoms. The highest BCUT2D eigenvalue weighted by Gasteiger charge is 2.16. The van der Waals surface area contributed by atoms with Gasteiger partial charge >= 0.3 is 5.97 Å². The van der Waals surface area contributed by atoms with Crippen LogP contribution in [0.2, 0.25) is 0 Å². The van der Waals surface area contributed by atoms with Crippen molar-refractivity contribution in [1.82, 2.24) is 14.8 Å². The summed E-state index contributed by atoms with van der Waals surface area (Å²) in [6.45, 7) is 1.85. The summed E-state index contributed by atoms with van der Waals surface area (Å²) in [5.41, 5.74) is 0.305. The predicted octanol–water partition coefficient (Wildman–Crippen LogP) is 1.03. The Labute approximate surface area is 124 Å². The van der Waals surface area contributed by atoms with Crippen molar-refractivity contribution < 1.29 is 14.3 Å². The van der Waals surface area contributed by atoms with Gasteiger partial charge in [0.15, 0.2) is 0 Å². The topological polar surface area (TPSA) is 110 Å². The molecule has 21 heavy (non-hydrogen) atoms. The van der Waals surface area contributed by atoms with Gasteiger partial charge in [-0.1, -0.05) is 0 Å². The number of hydrogen-bond donors (Lipinski definition) is 1. The first-order valence-electron chi connectivity index (χ1n) is 5.98. The molecule has 0 aliphatic carbocycles. The highest BCUT2D eigenvalue weighted by molar-refractivity contribution is 7.14. The van der Waals surface area contributed by atoms with Crippen molar-refractivity contribution in [3.05, 3.63) is 29.2 Å². The van der Waals surface area contributed by atoms with Crippen LogP contribution in [0, 0.1) is 11.3 Å². The summed E-state index contributed by atoms with van der Waals surface area (Å²) < 4.78 is 6.21. The molecule has 0 spiro atoms. The van der Waals surface area contributed by atoms with Crippen LogP contribution in [-0.4, -0.2) is 33.2 Å². The summed E-state index contributed by atoms with van der Waals surface area (Å²) in [4.78, 5) is 23.6. The smallest absolute Gasteiger partial charge is 0.341 e. The molecule has 0 atom stereocenters. The minimum atomic E-state index is -0.490. The van der Waals surface area contributed by atoms with Crippen LogP contribution < -0.4 is 5.32 Å². The van der Waals surface area contributed by atoms with Crippen molar-refractivity contribution >= 4 is 28.2 Å². The number of amides is 1. The van der Waals surface area contributed by atoms with Crippen molar-refractivity contribution in [3.8, 4) is 6.07 Å². The van der Waals surface area contributed by atoms with Crippen LogP contribution in [0.15, 0.2) is 17.8 Å². The Morgan fingerprint density at radius 2 is 2.38 bits per heavy atom. The first kappa shape index (κ1) is 14.7. The number of anilines is 1. The second kappa shape index (κ2) is 6.62. The lowest BCUT2D eigenvalue weighted by Crippen LogP contribution is -2.20. The molecule has 0 aliphatic rings. The highest BCUT2D eigenvalue weighted by Crippen LogP contribution is 2.24. The van der Waals surface area contributed by atoms with Crippen LogP contribution in [0.25, 0.3) is 0 Å². The lowest BCUT2D eigenvalue weighted by Gasteiger charge is -2.06. The van der Waals surface area contributed by atoms with Crippen LogP contribution in [0.5, 0.6) is 0 Å². The number of ether oxygens (including phenoxy) is 1. The number of carbonyl (C=O) groups is 2. The van der Waals surface area contributed by atoms with E-state index in [1.807, 2.05) is 6.07 Å². The monoisotopic (exact) mass is 305 g/mol. The van der Waals surface area contributed by atoms with E-state index in [-0.39, 0.29) is 24.9 Å². The average molecular weight is 305 g/mol. The molecule has 0 aliphatic heterocycles. The standard InChI is InChI=1S/C12H11N5O3S/c1-2-20-12(19)8-3-4-21-11(8)15-10(18)6-17-7-14-16-9(17)5-13/h3-4,7H,2,6H2,1H3,(H,15,18). The molecule has 0 saturated heterocycles. The molecule has 1 amide bonds. The Balaban J connectivity index is 2.06. The van der Waals surface area contributed by atoms with E-state index in [2.05, 4.69) is 15.5 Å².